The normalized spacial score (nSPS) is 15.7. The van der Waals surface area contributed by atoms with E-state index in [2.05, 4.69) is 11.5 Å². The summed E-state index contributed by atoms with van der Waals surface area (Å²) in [5.74, 6) is 7.08. The molecule has 3 N–H and O–H groups in total. The largest absolute Gasteiger partial charge is 0.492 e. The summed E-state index contributed by atoms with van der Waals surface area (Å²) in [5, 5.41) is 1.01. The quantitative estimate of drug-likeness (QED) is 0.659. The van der Waals surface area contributed by atoms with Gasteiger partial charge in [-0.3, -0.25) is 5.84 Å². The van der Waals surface area contributed by atoms with E-state index in [4.69, 9.17) is 15.6 Å². The van der Waals surface area contributed by atoms with Gasteiger partial charge >= 0.3 is 0 Å². The number of anilines is 1. The highest BCUT2D eigenvalue weighted by atomic mass is 16.5. The van der Waals surface area contributed by atoms with Gasteiger partial charge in [-0.1, -0.05) is 25.0 Å². The van der Waals surface area contributed by atoms with Crippen LogP contribution >= 0.6 is 0 Å². The summed E-state index contributed by atoms with van der Waals surface area (Å²) >= 11 is 0. The van der Waals surface area contributed by atoms with Crippen LogP contribution in [0.15, 0.2) is 24.3 Å². The Labute approximate surface area is 119 Å². The van der Waals surface area contributed by atoms with Gasteiger partial charge in [0.15, 0.2) is 0 Å². The van der Waals surface area contributed by atoms with E-state index in [0.29, 0.717) is 12.5 Å². The van der Waals surface area contributed by atoms with Gasteiger partial charge in [0.05, 0.1) is 12.3 Å². The molecule has 0 bridgehead atoms. The van der Waals surface area contributed by atoms with Crippen molar-refractivity contribution in [2.45, 2.75) is 38.5 Å². The lowest BCUT2D eigenvalue weighted by Gasteiger charge is -2.15. The summed E-state index contributed by atoms with van der Waals surface area (Å²) in [6.07, 6.45) is 5.03. The molecule has 1 aromatic heterocycles. The van der Waals surface area contributed by atoms with Crippen LogP contribution in [0.4, 0.5) is 5.69 Å². The smallest absolute Gasteiger partial charge is 0.145 e. The predicted octanol–water partition coefficient (Wildman–Crippen LogP) is 3.58. The van der Waals surface area contributed by atoms with Crippen molar-refractivity contribution in [3.8, 4) is 5.75 Å². The average molecular weight is 271 g/mol. The summed E-state index contributed by atoms with van der Waals surface area (Å²) in [4.78, 5) is 4.86. The van der Waals surface area contributed by atoms with Gasteiger partial charge < -0.3 is 10.2 Å². The number of nitrogens with one attached hydrogen (secondary N) is 1. The molecule has 0 atom stereocenters. The van der Waals surface area contributed by atoms with E-state index in [0.717, 1.165) is 28.0 Å². The maximum atomic E-state index is 5.71. The van der Waals surface area contributed by atoms with Crippen molar-refractivity contribution in [3.63, 3.8) is 0 Å². The summed E-state index contributed by atoms with van der Waals surface area (Å²) in [5.41, 5.74) is 5.78. The highest BCUT2D eigenvalue weighted by molar-refractivity contribution is 5.95. The van der Waals surface area contributed by atoms with Gasteiger partial charge in [-0.05, 0) is 31.9 Å². The second-order valence-electron chi connectivity index (χ2n) is 5.31. The molecule has 0 unspecified atom stereocenters. The molecule has 106 valence electrons. The number of rotatable bonds is 4. The molecule has 0 radical (unpaired) electrons. The fourth-order valence-electron chi connectivity index (χ4n) is 3.06. The Bertz CT molecular complexity index is 606. The Morgan fingerprint density at radius 1 is 1.35 bits per heavy atom. The second kappa shape index (κ2) is 5.67. The van der Waals surface area contributed by atoms with E-state index in [1.165, 1.54) is 25.7 Å². The number of nitrogens with two attached hydrogens (primary N) is 1. The number of fused-ring (bicyclic) bond motifs is 1. The first-order valence-corrected chi connectivity index (χ1v) is 7.36. The zero-order valence-electron chi connectivity index (χ0n) is 11.9. The van der Waals surface area contributed by atoms with Gasteiger partial charge in [-0.15, -0.1) is 0 Å². The number of para-hydroxylation sites is 1. The summed E-state index contributed by atoms with van der Waals surface area (Å²) in [7, 11) is 0. The molecule has 1 fully saturated rings. The van der Waals surface area contributed by atoms with Crippen LogP contribution in [-0.2, 0) is 0 Å². The van der Waals surface area contributed by atoms with E-state index >= 15 is 0 Å². The number of benzene rings is 1. The van der Waals surface area contributed by atoms with Crippen LogP contribution in [0.1, 0.15) is 44.2 Å². The molecule has 0 aliphatic heterocycles. The molecule has 3 rings (SSSR count). The van der Waals surface area contributed by atoms with Crippen molar-refractivity contribution in [1.82, 2.24) is 4.98 Å². The number of ether oxygens (including phenoxy) is 1. The van der Waals surface area contributed by atoms with Crippen LogP contribution in [0, 0.1) is 0 Å². The van der Waals surface area contributed by atoms with Crippen molar-refractivity contribution >= 4 is 16.6 Å². The minimum absolute atomic E-state index is 0.557. The third-order valence-electron chi connectivity index (χ3n) is 4.05. The molecule has 1 aliphatic rings. The maximum Gasteiger partial charge on any atom is 0.145 e. The summed E-state index contributed by atoms with van der Waals surface area (Å²) in [6.45, 7) is 2.63. The molecule has 1 aliphatic carbocycles. The Morgan fingerprint density at radius 3 is 2.85 bits per heavy atom. The standard InChI is InChI=1S/C16H21N3O/c1-2-20-15-9-5-8-12-14(19-17)10-13(18-16(12)15)11-6-3-4-7-11/h5,8-11H,2-4,6-7,17H2,1H3,(H,18,19). The molecule has 4 heteroatoms. The molecule has 20 heavy (non-hydrogen) atoms. The number of nitrogens with zero attached hydrogens (tertiary/aromatic N) is 1. The molecule has 1 saturated carbocycles. The third kappa shape index (κ3) is 2.31. The number of hydrazine groups is 1. The first kappa shape index (κ1) is 13.2. The second-order valence-corrected chi connectivity index (χ2v) is 5.31. The van der Waals surface area contributed by atoms with Gasteiger partial charge in [-0.25, -0.2) is 4.98 Å². The molecule has 1 aromatic carbocycles. The van der Waals surface area contributed by atoms with E-state index in [1.807, 2.05) is 25.1 Å². The highest BCUT2D eigenvalue weighted by Gasteiger charge is 2.20. The fraction of sp³-hybridized carbons (Fsp3) is 0.438. The Morgan fingerprint density at radius 2 is 2.15 bits per heavy atom. The summed E-state index contributed by atoms with van der Waals surface area (Å²) in [6, 6.07) is 8.06. The van der Waals surface area contributed by atoms with Gasteiger partial charge in [0, 0.05) is 17.0 Å². The molecular weight excluding hydrogens is 250 g/mol. The number of hydrogen-bond acceptors (Lipinski definition) is 4. The van der Waals surface area contributed by atoms with Crippen LogP contribution in [-0.4, -0.2) is 11.6 Å². The molecule has 4 nitrogen and oxygen atoms in total. The minimum Gasteiger partial charge on any atom is -0.492 e. The molecule has 1 heterocycles. The lowest BCUT2D eigenvalue weighted by molar-refractivity contribution is 0.343. The SMILES string of the molecule is CCOc1cccc2c(NN)cc(C3CCCC3)nc12. The summed E-state index contributed by atoms with van der Waals surface area (Å²) < 4.78 is 5.71. The Kier molecular flexibility index (Phi) is 3.74. The van der Waals surface area contributed by atoms with Crippen molar-refractivity contribution in [1.29, 1.82) is 0 Å². The van der Waals surface area contributed by atoms with E-state index in [1.54, 1.807) is 0 Å². The topological polar surface area (TPSA) is 60.2 Å². The lowest BCUT2D eigenvalue weighted by atomic mass is 10.0. The average Bonchev–Trinajstić information content (AvgIpc) is 3.01. The van der Waals surface area contributed by atoms with E-state index in [-0.39, 0.29) is 0 Å². The predicted molar refractivity (Wildman–Crippen MR) is 81.9 cm³/mol. The molecule has 0 amide bonds. The highest BCUT2D eigenvalue weighted by Crippen LogP contribution is 2.37. The molecule has 0 spiro atoms. The first-order chi connectivity index (χ1) is 9.83. The number of aromatic nitrogens is 1. The zero-order valence-corrected chi connectivity index (χ0v) is 11.9. The lowest BCUT2D eigenvalue weighted by Crippen LogP contribution is -2.09. The maximum absolute atomic E-state index is 5.71. The van der Waals surface area contributed by atoms with Crippen LogP contribution in [0.2, 0.25) is 0 Å². The van der Waals surface area contributed by atoms with Crippen molar-refractivity contribution in [2.24, 2.45) is 5.84 Å². The Hall–Kier alpha value is -1.81. The van der Waals surface area contributed by atoms with Crippen LogP contribution in [0.5, 0.6) is 5.75 Å². The molecule has 2 aromatic rings. The monoisotopic (exact) mass is 271 g/mol. The number of nitrogen functional groups attached to an aromatic ring is 1. The third-order valence-corrected chi connectivity index (χ3v) is 4.05. The van der Waals surface area contributed by atoms with Gasteiger partial charge in [0.1, 0.15) is 11.3 Å². The zero-order chi connectivity index (χ0) is 13.9. The van der Waals surface area contributed by atoms with E-state index in [9.17, 15) is 0 Å². The molecular formula is C16H21N3O. The number of hydrogen-bond donors (Lipinski definition) is 2. The Balaban J connectivity index is 2.15. The van der Waals surface area contributed by atoms with Gasteiger partial charge in [-0.2, -0.15) is 0 Å². The van der Waals surface area contributed by atoms with E-state index < -0.39 is 0 Å². The van der Waals surface area contributed by atoms with Crippen LogP contribution in [0.25, 0.3) is 10.9 Å². The molecule has 0 saturated heterocycles. The fourth-order valence-corrected chi connectivity index (χ4v) is 3.06. The number of pyridine rings is 1. The first-order valence-electron chi connectivity index (χ1n) is 7.36. The van der Waals surface area contributed by atoms with Crippen LogP contribution < -0.4 is 16.0 Å². The van der Waals surface area contributed by atoms with Gasteiger partial charge in [0.25, 0.3) is 0 Å². The van der Waals surface area contributed by atoms with Crippen molar-refractivity contribution in [3.05, 3.63) is 30.0 Å². The van der Waals surface area contributed by atoms with Crippen molar-refractivity contribution < 1.29 is 4.74 Å². The minimum atomic E-state index is 0.557. The van der Waals surface area contributed by atoms with Gasteiger partial charge in [0.2, 0.25) is 0 Å². The van der Waals surface area contributed by atoms with Crippen LogP contribution in [0.3, 0.4) is 0 Å². The van der Waals surface area contributed by atoms with Crippen molar-refractivity contribution in [2.75, 3.05) is 12.0 Å².